The van der Waals surface area contributed by atoms with Crippen molar-refractivity contribution in [1.82, 2.24) is 10.2 Å². The summed E-state index contributed by atoms with van der Waals surface area (Å²) in [6.45, 7) is 4.21. The van der Waals surface area contributed by atoms with Crippen LogP contribution < -0.4 is 10.1 Å². The van der Waals surface area contributed by atoms with Crippen LogP contribution in [0, 0.1) is 0 Å². The van der Waals surface area contributed by atoms with Gasteiger partial charge in [-0.2, -0.15) is 0 Å². The average molecular weight is 454 g/mol. The minimum absolute atomic E-state index is 0.165. The van der Waals surface area contributed by atoms with Crippen LogP contribution >= 0.6 is 27.5 Å². The molecule has 0 aromatic heterocycles. The fourth-order valence-corrected chi connectivity index (χ4v) is 2.84. The summed E-state index contributed by atoms with van der Waals surface area (Å²) in [5.74, 6) is 0.0723. The molecule has 0 heterocycles. The molecule has 0 spiro atoms. The average Bonchev–Trinajstić information content (AvgIpc) is 2.66. The molecule has 0 radical (unpaired) electrons. The fourth-order valence-electron chi connectivity index (χ4n) is 2.45. The lowest BCUT2D eigenvalue weighted by atomic mass is 10.1. The summed E-state index contributed by atoms with van der Waals surface area (Å²) >= 11 is 9.25. The van der Waals surface area contributed by atoms with Crippen LogP contribution in [-0.4, -0.2) is 35.9 Å². The Morgan fingerprint density at radius 2 is 1.78 bits per heavy atom. The van der Waals surface area contributed by atoms with E-state index in [0.717, 1.165) is 10.0 Å². The Labute approximate surface area is 172 Å². The van der Waals surface area contributed by atoms with Gasteiger partial charge in [0.25, 0.3) is 5.91 Å². The van der Waals surface area contributed by atoms with E-state index >= 15 is 0 Å². The molecule has 0 aliphatic rings. The molecule has 144 valence electrons. The number of carbonyl (C=O) groups is 2. The van der Waals surface area contributed by atoms with Crippen LogP contribution in [0.5, 0.6) is 5.75 Å². The first-order valence-corrected chi connectivity index (χ1v) is 9.77. The molecule has 1 atom stereocenters. The van der Waals surface area contributed by atoms with E-state index in [2.05, 4.69) is 21.2 Å². The maximum atomic E-state index is 12.8. The Hall–Kier alpha value is -2.05. The van der Waals surface area contributed by atoms with Crippen molar-refractivity contribution in [2.45, 2.75) is 26.4 Å². The number of halogens is 2. The van der Waals surface area contributed by atoms with Crippen molar-refractivity contribution < 1.29 is 14.3 Å². The maximum Gasteiger partial charge on any atom is 0.261 e. The van der Waals surface area contributed by atoms with Crippen LogP contribution in [0.25, 0.3) is 0 Å². The monoisotopic (exact) mass is 452 g/mol. The summed E-state index contributed by atoms with van der Waals surface area (Å²) in [5.41, 5.74) is 0.925. The highest BCUT2D eigenvalue weighted by Gasteiger charge is 2.26. The van der Waals surface area contributed by atoms with E-state index in [1.165, 1.54) is 4.90 Å². The van der Waals surface area contributed by atoms with Gasteiger partial charge in [-0.05, 0) is 55.8 Å². The van der Waals surface area contributed by atoms with Gasteiger partial charge in [0.15, 0.2) is 6.61 Å². The van der Waals surface area contributed by atoms with Gasteiger partial charge >= 0.3 is 0 Å². The van der Waals surface area contributed by atoms with Gasteiger partial charge in [0.05, 0.1) is 0 Å². The topological polar surface area (TPSA) is 58.6 Å². The van der Waals surface area contributed by atoms with Crippen LogP contribution in [0.2, 0.25) is 5.02 Å². The standard InChI is InChI=1S/C20H22BrClN2O3/c1-3-23-20(26)14(2)24(12-15-4-6-16(21)7-5-15)19(25)13-27-18-10-8-17(22)9-11-18/h4-11,14H,3,12-13H2,1-2H3,(H,23,26). The number of carbonyl (C=O) groups excluding carboxylic acids is 2. The zero-order valence-electron chi connectivity index (χ0n) is 15.2. The summed E-state index contributed by atoms with van der Waals surface area (Å²) in [7, 11) is 0. The molecule has 2 aromatic rings. The normalized spacial score (nSPS) is 11.6. The highest BCUT2D eigenvalue weighted by atomic mass is 79.9. The third kappa shape index (κ3) is 6.56. The molecule has 27 heavy (non-hydrogen) atoms. The van der Waals surface area contributed by atoms with Crippen molar-refractivity contribution >= 4 is 39.3 Å². The van der Waals surface area contributed by atoms with E-state index in [9.17, 15) is 9.59 Å². The molecule has 1 unspecified atom stereocenters. The van der Waals surface area contributed by atoms with Gasteiger partial charge < -0.3 is 15.0 Å². The van der Waals surface area contributed by atoms with Gasteiger partial charge in [-0.3, -0.25) is 9.59 Å². The predicted octanol–water partition coefficient (Wildman–Crippen LogP) is 4.03. The Balaban J connectivity index is 2.11. The Bertz CT molecular complexity index is 766. The number of benzene rings is 2. The van der Waals surface area contributed by atoms with E-state index in [1.54, 1.807) is 31.2 Å². The van der Waals surface area contributed by atoms with Crippen molar-refractivity contribution in [1.29, 1.82) is 0 Å². The molecular formula is C20H22BrClN2O3. The second-order valence-corrected chi connectivity index (χ2v) is 7.31. The number of nitrogens with zero attached hydrogens (tertiary/aromatic N) is 1. The molecule has 1 N–H and O–H groups in total. The number of amides is 2. The molecule has 0 saturated carbocycles. The van der Waals surface area contributed by atoms with Gasteiger partial charge in [0, 0.05) is 22.6 Å². The van der Waals surface area contributed by atoms with Crippen molar-refractivity contribution in [2.75, 3.05) is 13.2 Å². The van der Waals surface area contributed by atoms with Crippen molar-refractivity contribution in [3.05, 3.63) is 63.6 Å². The second kappa shape index (κ2) is 10.3. The molecule has 2 amide bonds. The summed E-state index contributed by atoms with van der Waals surface area (Å²) in [4.78, 5) is 26.6. The van der Waals surface area contributed by atoms with E-state index in [-0.39, 0.29) is 18.4 Å². The molecule has 2 aromatic carbocycles. The number of hydrogen-bond acceptors (Lipinski definition) is 3. The van der Waals surface area contributed by atoms with E-state index in [1.807, 2.05) is 31.2 Å². The van der Waals surface area contributed by atoms with E-state index in [4.69, 9.17) is 16.3 Å². The predicted molar refractivity (Wildman–Crippen MR) is 110 cm³/mol. The second-order valence-electron chi connectivity index (χ2n) is 5.96. The van der Waals surface area contributed by atoms with E-state index < -0.39 is 6.04 Å². The smallest absolute Gasteiger partial charge is 0.261 e. The molecule has 0 aliphatic heterocycles. The first-order chi connectivity index (χ1) is 12.9. The first-order valence-electron chi connectivity index (χ1n) is 8.60. The molecule has 0 aliphatic carbocycles. The number of ether oxygens (including phenoxy) is 1. The lowest BCUT2D eigenvalue weighted by molar-refractivity contribution is -0.142. The fraction of sp³-hybridized carbons (Fsp3) is 0.300. The largest absolute Gasteiger partial charge is 0.484 e. The lowest BCUT2D eigenvalue weighted by Crippen LogP contribution is -2.49. The third-order valence-corrected chi connectivity index (χ3v) is 4.74. The van der Waals surface area contributed by atoms with Gasteiger partial charge in [-0.25, -0.2) is 0 Å². The van der Waals surface area contributed by atoms with Gasteiger partial charge in [-0.1, -0.05) is 39.7 Å². The zero-order valence-corrected chi connectivity index (χ0v) is 17.6. The van der Waals surface area contributed by atoms with Gasteiger partial charge in [-0.15, -0.1) is 0 Å². The minimum Gasteiger partial charge on any atom is -0.484 e. The highest BCUT2D eigenvalue weighted by Crippen LogP contribution is 2.17. The third-order valence-electron chi connectivity index (χ3n) is 3.96. The summed E-state index contributed by atoms with van der Waals surface area (Å²) in [6.07, 6.45) is 0. The number of hydrogen-bond donors (Lipinski definition) is 1. The molecule has 2 rings (SSSR count). The van der Waals surface area contributed by atoms with Crippen LogP contribution in [0.1, 0.15) is 19.4 Å². The SMILES string of the molecule is CCNC(=O)C(C)N(Cc1ccc(Br)cc1)C(=O)COc1ccc(Cl)cc1. The number of likely N-dealkylation sites (N-methyl/N-ethyl adjacent to an activating group) is 1. The first kappa shape index (κ1) is 21.3. The Morgan fingerprint density at radius 3 is 2.37 bits per heavy atom. The summed E-state index contributed by atoms with van der Waals surface area (Å²) in [6, 6.07) is 13.8. The zero-order chi connectivity index (χ0) is 19.8. The lowest BCUT2D eigenvalue weighted by Gasteiger charge is -2.28. The van der Waals surface area contributed by atoms with Crippen molar-refractivity contribution in [3.63, 3.8) is 0 Å². The molecule has 7 heteroatoms. The maximum absolute atomic E-state index is 12.8. The Morgan fingerprint density at radius 1 is 1.15 bits per heavy atom. The number of nitrogens with one attached hydrogen (secondary N) is 1. The molecular weight excluding hydrogens is 432 g/mol. The van der Waals surface area contributed by atoms with Gasteiger partial charge in [0.1, 0.15) is 11.8 Å². The number of rotatable bonds is 8. The molecule has 5 nitrogen and oxygen atoms in total. The molecule has 0 saturated heterocycles. The van der Waals surface area contributed by atoms with Crippen LogP contribution in [0.4, 0.5) is 0 Å². The quantitative estimate of drug-likeness (QED) is 0.656. The Kier molecular flexibility index (Phi) is 8.13. The van der Waals surface area contributed by atoms with Crippen LogP contribution in [0.3, 0.4) is 0 Å². The van der Waals surface area contributed by atoms with E-state index in [0.29, 0.717) is 23.9 Å². The van der Waals surface area contributed by atoms with Crippen molar-refractivity contribution in [3.8, 4) is 5.75 Å². The van der Waals surface area contributed by atoms with Crippen LogP contribution in [-0.2, 0) is 16.1 Å². The highest BCUT2D eigenvalue weighted by molar-refractivity contribution is 9.10. The summed E-state index contributed by atoms with van der Waals surface area (Å²) < 4.78 is 6.51. The van der Waals surface area contributed by atoms with Crippen molar-refractivity contribution in [2.24, 2.45) is 0 Å². The molecule has 0 fully saturated rings. The summed E-state index contributed by atoms with van der Waals surface area (Å²) in [5, 5.41) is 3.35. The minimum atomic E-state index is -0.616. The van der Waals surface area contributed by atoms with Crippen LogP contribution in [0.15, 0.2) is 53.0 Å². The van der Waals surface area contributed by atoms with Gasteiger partial charge in [0.2, 0.25) is 5.91 Å². The molecule has 0 bridgehead atoms.